The predicted molar refractivity (Wildman–Crippen MR) is 78.8 cm³/mol. The van der Waals surface area contributed by atoms with E-state index in [0.717, 1.165) is 47.0 Å². The average molecular weight is 270 g/mol. The number of benzene rings is 1. The largest absolute Gasteiger partial charge is 0.464 e. The van der Waals surface area contributed by atoms with Crippen LogP contribution in [0.2, 0.25) is 0 Å². The number of oxazole rings is 1. The van der Waals surface area contributed by atoms with Gasteiger partial charge in [0, 0.05) is 18.5 Å². The third kappa shape index (κ3) is 2.54. The summed E-state index contributed by atoms with van der Waals surface area (Å²) in [6, 6.07) is 9.97. The average Bonchev–Trinajstić information content (AvgIpc) is 3.10. The van der Waals surface area contributed by atoms with Gasteiger partial charge in [0.2, 0.25) is 0 Å². The van der Waals surface area contributed by atoms with E-state index in [2.05, 4.69) is 17.2 Å². The van der Waals surface area contributed by atoms with E-state index in [1.165, 1.54) is 0 Å². The molecule has 4 heteroatoms. The highest BCUT2D eigenvalue weighted by molar-refractivity contribution is 5.77. The van der Waals surface area contributed by atoms with Crippen molar-refractivity contribution in [2.24, 2.45) is 0 Å². The Balaban J connectivity index is 1.73. The minimum absolute atomic E-state index is 0.671. The maximum atomic E-state index is 5.67. The lowest BCUT2D eigenvalue weighted by molar-refractivity contribution is 0.476. The zero-order valence-electron chi connectivity index (χ0n) is 11.8. The number of hydrogen-bond donors (Lipinski definition) is 1. The molecule has 0 aliphatic carbocycles. The molecule has 0 saturated carbocycles. The molecule has 3 rings (SSSR count). The first-order valence-corrected chi connectivity index (χ1v) is 6.99. The monoisotopic (exact) mass is 270 g/mol. The first-order valence-electron chi connectivity index (χ1n) is 6.99. The Bertz CT molecular complexity index is 712. The van der Waals surface area contributed by atoms with Crippen LogP contribution in [0.3, 0.4) is 0 Å². The second-order valence-electron chi connectivity index (χ2n) is 4.72. The Morgan fingerprint density at radius 2 is 1.85 bits per heavy atom. The van der Waals surface area contributed by atoms with E-state index < -0.39 is 0 Å². The number of rotatable bonds is 5. The van der Waals surface area contributed by atoms with Crippen LogP contribution < -0.4 is 5.32 Å². The standard InChI is InChI=1S/C16H18N2O2/c1-3-12-6-7-13(19-12)10-17-11-5-8-15-14(9-11)18-16(4-2)20-15/h5-9,17H,3-4,10H2,1-2H3. The van der Waals surface area contributed by atoms with Gasteiger partial charge in [-0.25, -0.2) is 4.98 Å². The number of anilines is 1. The molecule has 0 unspecified atom stereocenters. The van der Waals surface area contributed by atoms with Crippen LogP contribution in [0.5, 0.6) is 0 Å². The highest BCUT2D eigenvalue weighted by atomic mass is 16.3. The van der Waals surface area contributed by atoms with Crippen LogP contribution in [0.1, 0.15) is 31.3 Å². The number of nitrogens with zero attached hydrogens (tertiary/aromatic N) is 1. The fourth-order valence-electron chi connectivity index (χ4n) is 2.13. The first kappa shape index (κ1) is 12.8. The van der Waals surface area contributed by atoms with Gasteiger partial charge in [0.15, 0.2) is 11.5 Å². The molecule has 0 spiro atoms. The Labute approximate surface area is 117 Å². The van der Waals surface area contributed by atoms with Crippen LogP contribution in [0.4, 0.5) is 5.69 Å². The van der Waals surface area contributed by atoms with Crippen molar-refractivity contribution in [3.8, 4) is 0 Å². The Kier molecular flexibility index (Phi) is 3.46. The zero-order chi connectivity index (χ0) is 13.9. The molecule has 2 aromatic heterocycles. The smallest absolute Gasteiger partial charge is 0.195 e. The van der Waals surface area contributed by atoms with Crippen LogP contribution in [0.25, 0.3) is 11.1 Å². The topological polar surface area (TPSA) is 51.2 Å². The molecule has 0 amide bonds. The SMILES string of the molecule is CCc1ccc(CNc2ccc3oc(CC)nc3c2)o1. The fraction of sp³-hybridized carbons (Fsp3) is 0.312. The molecule has 1 aromatic carbocycles. The van der Waals surface area contributed by atoms with Crippen molar-refractivity contribution in [3.05, 3.63) is 47.7 Å². The van der Waals surface area contributed by atoms with Crippen LogP contribution in [0.15, 0.2) is 39.2 Å². The quantitative estimate of drug-likeness (QED) is 0.756. The molecule has 0 fully saturated rings. The maximum absolute atomic E-state index is 5.67. The van der Waals surface area contributed by atoms with Gasteiger partial charge in [-0.15, -0.1) is 0 Å². The molecule has 0 saturated heterocycles. The summed E-state index contributed by atoms with van der Waals surface area (Å²) in [6.45, 7) is 4.79. The van der Waals surface area contributed by atoms with Crippen molar-refractivity contribution >= 4 is 16.8 Å². The van der Waals surface area contributed by atoms with Gasteiger partial charge >= 0.3 is 0 Å². The minimum Gasteiger partial charge on any atom is -0.464 e. The second kappa shape index (κ2) is 5.41. The highest BCUT2D eigenvalue weighted by Gasteiger charge is 2.05. The summed E-state index contributed by atoms with van der Waals surface area (Å²) in [5.41, 5.74) is 2.74. The van der Waals surface area contributed by atoms with Gasteiger partial charge in [-0.2, -0.15) is 0 Å². The minimum atomic E-state index is 0.671. The number of fused-ring (bicyclic) bond motifs is 1. The van der Waals surface area contributed by atoms with Gasteiger partial charge in [0.1, 0.15) is 17.0 Å². The zero-order valence-corrected chi connectivity index (χ0v) is 11.8. The Hall–Kier alpha value is -2.23. The van der Waals surface area contributed by atoms with E-state index in [1.807, 2.05) is 37.3 Å². The van der Waals surface area contributed by atoms with E-state index in [-0.39, 0.29) is 0 Å². The summed E-state index contributed by atoms with van der Waals surface area (Å²) in [7, 11) is 0. The van der Waals surface area contributed by atoms with E-state index >= 15 is 0 Å². The van der Waals surface area contributed by atoms with Crippen LogP contribution in [-0.4, -0.2) is 4.98 Å². The summed E-state index contributed by atoms with van der Waals surface area (Å²) in [6.07, 6.45) is 1.73. The van der Waals surface area contributed by atoms with Gasteiger partial charge in [-0.3, -0.25) is 0 Å². The molecule has 0 radical (unpaired) electrons. The first-order chi connectivity index (χ1) is 9.78. The van der Waals surface area contributed by atoms with Crippen molar-refractivity contribution in [2.45, 2.75) is 33.2 Å². The number of nitrogens with one attached hydrogen (secondary N) is 1. The Morgan fingerprint density at radius 1 is 1.00 bits per heavy atom. The third-order valence-corrected chi connectivity index (χ3v) is 3.27. The highest BCUT2D eigenvalue weighted by Crippen LogP contribution is 2.21. The van der Waals surface area contributed by atoms with E-state index in [0.29, 0.717) is 6.54 Å². The number of hydrogen-bond acceptors (Lipinski definition) is 4. The number of furan rings is 1. The van der Waals surface area contributed by atoms with Gasteiger partial charge in [-0.1, -0.05) is 13.8 Å². The Morgan fingerprint density at radius 3 is 2.60 bits per heavy atom. The van der Waals surface area contributed by atoms with Gasteiger partial charge in [0.25, 0.3) is 0 Å². The van der Waals surface area contributed by atoms with Gasteiger partial charge in [0.05, 0.1) is 6.54 Å². The lowest BCUT2D eigenvalue weighted by Gasteiger charge is -2.03. The lowest BCUT2D eigenvalue weighted by Crippen LogP contribution is -1.97. The maximum Gasteiger partial charge on any atom is 0.195 e. The molecule has 4 nitrogen and oxygen atoms in total. The van der Waals surface area contributed by atoms with Crippen LogP contribution in [-0.2, 0) is 19.4 Å². The van der Waals surface area contributed by atoms with Crippen molar-refractivity contribution in [1.29, 1.82) is 0 Å². The number of aryl methyl sites for hydroxylation is 2. The molecule has 104 valence electrons. The van der Waals surface area contributed by atoms with Crippen molar-refractivity contribution in [3.63, 3.8) is 0 Å². The fourth-order valence-corrected chi connectivity index (χ4v) is 2.13. The molecule has 0 aliphatic heterocycles. The molecular weight excluding hydrogens is 252 g/mol. The van der Waals surface area contributed by atoms with Crippen LogP contribution in [0, 0.1) is 0 Å². The van der Waals surface area contributed by atoms with Crippen molar-refractivity contribution < 1.29 is 8.83 Å². The molecule has 20 heavy (non-hydrogen) atoms. The van der Waals surface area contributed by atoms with E-state index in [9.17, 15) is 0 Å². The molecule has 0 bridgehead atoms. The molecular formula is C16H18N2O2. The van der Waals surface area contributed by atoms with Crippen molar-refractivity contribution in [1.82, 2.24) is 4.98 Å². The summed E-state index contributed by atoms with van der Waals surface area (Å²) >= 11 is 0. The van der Waals surface area contributed by atoms with Gasteiger partial charge < -0.3 is 14.2 Å². The summed E-state index contributed by atoms with van der Waals surface area (Å²) < 4.78 is 11.3. The molecule has 0 atom stereocenters. The van der Waals surface area contributed by atoms with Gasteiger partial charge in [-0.05, 0) is 30.3 Å². The number of aromatic nitrogens is 1. The summed E-state index contributed by atoms with van der Waals surface area (Å²) in [4.78, 5) is 4.43. The predicted octanol–water partition coefficient (Wildman–Crippen LogP) is 4.16. The molecule has 3 aromatic rings. The molecule has 2 heterocycles. The van der Waals surface area contributed by atoms with E-state index in [1.54, 1.807) is 0 Å². The molecule has 1 N–H and O–H groups in total. The normalized spacial score (nSPS) is 11.1. The third-order valence-electron chi connectivity index (χ3n) is 3.27. The van der Waals surface area contributed by atoms with Crippen LogP contribution >= 0.6 is 0 Å². The summed E-state index contributed by atoms with van der Waals surface area (Å²) in [5, 5.41) is 3.34. The lowest BCUT2D eigenvalue weighted by atomic mass is 10.3. The second-order valence-corrected chi connectivity index (χ2v) is 4.72. The molecule has 0 aliphatic rings. The summed E-state index contributed by atoms with van der Waals surface area (Å²) in [5.74, 6) is 2.73. The van der Waals surface area contributed by atoms with Crippen molar-refractivity contribution in [2.75, 3.05) is 5.32 Å². The van der Waals surface area contributed by atoms with E-state index in [4.69, 9.17) is 8.83 Å².